The SMILES string of the molecule is CC(C)(C#N)c1ccc(NN)cc1. The number of benzene rings is 1. The lowest BCUT2D eigenvalue weighted by atomic mass is 9.86. The van der Waals surface area contributed by atoms with Gasteiger partial charge in [0.25, 0.3) is 0 Å². The van der Waals surface area contributed by atoms with Crippen LogP contribution in [0, 0.1) is 11.3 Å². The van der Waals surface area contributed by atoms with Gasteiger partial charge >= 0.3 is 0 Å². The second kappa shape index (κ2) is 3.46. The molecule has 0 aromatic heterocycles. The number of nitrogens with zero attached hydrogens (tertiary/aromatic N) is 1. The largest absolute Gasteiger partial charge is 0.324 e. The van der Waals surface area contributed by atoms with E-state index in [1.165, 1.54) is 0 Å². The number of rotatable bonds is 2. The van der Waals surface area contributed by atoms with E-state index in [9.17, 15) is 0 Å². The molecule has 1 aromatic rings. The van der Waals surface area contributed by atoms with Gasteiger partial charge in [-0.1, -0.05) is 12.1 Å². The Kier molecular flexibility index (Phi) is 2.54. The van der Waals surface area contributed by atoms with E-state index in [1.54, 1.807) is 0 Å². The Morgan fingerprint density at radius 3 is 2.23 bits per heavy atom. The van der Waals surface area contributed by atoms with Crippen LogP contribution in [0.5, 0.6) is 0 Å². The standard InChI is InChI=1S/C10H13N3/c1-10(2,7-11)8-3-5-9(13-12)6-4-8/h3-6,13H,12H2,1-2H3. The van der Waals surface area contributed by atoms with Crippen LogP contribution in [-0.4, -0.2) is 0 Å². The molecular formula is C10H13N3. The van der Waals surface area contributed by atoms with Gasteiger partial charge in [-0.25, -0.2) is 0 Å². The first-order valence-corrected chi connectivity index (χ1v) is 4.08. The average molecular weight is 175 g/mol. The minimum atomic E-state index is -0.437. The van der Waals surface area contributed by atoms with Gasteiger partial charge in [0.15, 0.2) is 0 Å². The van der Waals surface area contributed by atoms with Crippen molar-refractivity contribution in [1.29, 1.82) is 5.26 Å². The quantitative estimate of drug-likeness (QED) is 0.532. The Labute approximate surface area is 78.1 Å². The lowest BCUT2D eigenvalue weighted by Gasteiger charge is -2.15. The van der Waals surface area contributed by atoms with Crippen LogP contribution in [0.2, 0.25) is 0 Å². The smallest absolute Gasteiger partial charge is 0.0766 e. The van der Waals surface area contributed by atoms with E-state index < -0.39 is 5.41 Å². The van der Waals surface area contributed by atoms with Crippen LogP contribution in [0.3, 0.4) is 0 Å². The highest BCUT2D eigenvalue weighted by Gasteiger charge is 2.18. The summed E-state index contributed by atoms with van der Waals surface area (Å²) in [6.07, 6.45) is 0. The normalized spacial score (nSPS) is 10.6. The minimum Gasteiger partial charge on any atom is -0.324 e. The van der Waals surface area contributed by atoms with Crippen LogP contribution in [0.1, 0.15) is 19.4 Å². The highest BCUT2D eigenvalue weighted by atomic mass is 15.2. The summed E-state index contributed by atoms with van der Waals surface area (Å²) in [5, 5.41) is 8.88. The lowest BCUT2D eigenvalue weighted by molar-refractivity contribution is 0.687. The van der Waals surface area contributed by atoms with Crippen molar-refractivity contribution in [2.75, 3.05) is 5.43 Å². The average Bonchev–Trinajstić information content (AvgIpc) is 2.18. The van der Waals surface area contributed by atoms with E-state index in [2.05, 4.69) is 11.5 Å². The van der Waals surface area contributed by atoms with Crippen molar-refractivity contribution in [3.8, 4) is 6.07 Å². The number of nitrogens with one attached hydrogen (secondary N) is 1. The fourth-order valence-corrected chi connectivity index (χ4v) is 1.05. The first-order valence-electron chi connectivity index (χ1n) is 4.08. The van der Waals surface area contributed by atoms with Crippen molar-refractivity contribution in [2.24, 2.45) is 5.84 Å². The number of hydrogen-bond acceptors (Lipinski definition) is 3. The minimum absolute atomic E-state index is 0.437. The second-order valence-electron chi connectivity index (χ2n) is 3.46. The van der Waals surface area contributed by atoms with Crippen LogP contribution in [0.15, 0.2) is 24.3 Å². The van der Waals surface area contributed by atoms with Gasteiger partial charge in [0.1, 0.15) is 0 Å². The zero-order valence-corrected chi connectivity index (χ0v) is 7.83. The molecule has 3 N–H and O–H groups in total. The molecule has 0 radical (unpaired) electrons. The molecule has 1 aromatic carbocycles. The number of nitriles is 1. The second-order valence-corrected chi connectivity index (χ2v) is 3.46. The monoisotopic (exact) mass is 175 g/mol. The van der Waals surface area contributed by atoms with E-state index >= 15 is 0 Å². The Morgan fingerprint density at radius 1 is 1.31 bits per heavy atom. The molecule has 13 heavy (non-hydrogen) atoms. The molecule has 0 aliphatic heterocycles. The Morgan fingerprint density at radius 2 is 1.85 bits per heavy atom. The van der Waals surface area contributed by atoms with Gasteiger partial charge in [-0.2, -0.15) is 5.26 Å². The molecular weight excluding hydrogens is 162 g/mol. The van der Waals surface area contributed by atoms with Crippen LogP contribution in [-0.2, 0) is 5.41 Å². The van der Waals surface area contributed by atoms with E-state index in [-0.39, 0.29) is 0 Å². The Hall–Kier alpha value is -1.53. The summed E-state index contributed by atoms with van der Waals surface area (Å²) in [4.78, 5) is 0. The van der Waals surface area contributed by atoms with Crippen molar-refractivity contribution in [1.82, 2.24) is 0 Å². The Balaban J connectivity index is 3.00. The summed E-state index contributed by atoms with van der Waals surface area (Å²) >= 11 is 0. The molecule has 3 heteroatoms. The van der Waals surface area contributed by atoms with Gasteiger partial charge in [-0.05, 0) is 31.5 Å². The molecule has 68 valence electrons. The first-order chi connectivity index (χ1) is 6.10. The third-order valence-corrected chi connectivity index (χ3v) is 2.05. The zero-order chi connectivity index (χ0) is 9.90. The van der Waals surface area contributed by atoms with Crippen molar-refractivity contribution < 1.29 is 0 Å². The molecule has 0 fully saturated rings. The molecule has 0 amide bonds. The molecule has 1 rings (SSSR count). The third-order valence-electron chi connectivity index (χ3n) is 2.05. The van der Waals surface area contributed by atoms with E-state index in [1.807, 2.05) is 38.1 Å². The maximum Gasteiger partial charge on any atom is 0.0766 e. The molecule has 0 bridgehead atoms. The van der Waals surface area contributed by atoms with Crippen molar-refractivity contribution in [3.05, 3.63) is 29.8 Å². The third kappa shape index (κ3) is 1.98. The summed E-state index contributed by atoms with van der Waals surface area (Å²) in [6, 6.07) is 9.76. The van der Waals surface area contributed by atoms with Gasteiger partial charge < -0.3 is 5.43 Å². The number of anilines is 1. The zero-order valence-electron chi connectivity index (χ0n) is 7.83. The fraction of sp³-hybridized carbons (Fsp3) is 0.300. The predicted octanol–water partition coefficient (Wildman–Crippen LogP) is 1.77. The summed E-state index contributed by atoms with van der Waals surface area (Å²) in [6.45, 7) is 3.77. The van der Waals surface area contributed by atoms with Gasteiger partial charge in [0.2, 0.25) is 0 Å². The van der Waals surface area contributed by atoms with E-state index in [0.717, 1.165) is 11.3 Å². The maximum absolute atomic E-state index is 8.88. The molecule has 0 saturated heterocycles. The van der Waals surface area contributed by atoms with Gasteiger partial charge in [0.05, 0.1) is 11.5 Å². The summed E-state index contributed by atoms with van der Waals surface area (Å²) in [5.74, 6) is 5.23. The fourth-order valence-electron chi connectivity index (χ4n) is 1.05. The number of hydrogen-bond donors (Lipinski definition) is 2. The maximum atomic E-state index is 8.88. The molecule has 0 unspecified atom stereocenters. The summed E-state index contributed by atoms with van der Waals surface area (Å²) < 4.78 is 0. The van der Waals surface area contributed by atoms with Crippen molar-refractivity contribution in [2.45, 2.75) is 19.3 Å². The molecule has 0 atom stereocenters. The molecule has 3 nitrogen and oxygen atoms in total. The molecule has 0 saturated carbocycles. The van der Waals surface area contributed by atoms with Gasteiger partial charge in [-0.15, -0.1) is 0 Å². The Bertz CT molecular complexity index is 319. The topological polar surface area (TPSA) is 61.8 Å². The van der Waals surface area contributed by atoms with Gasteiger partial charge in [0, 0.05) is 5.69 Å². The van der Waals surface area contributed by atoms with Crippen LogP contribution in [0.25, 0.3) is 0 Å². The van der Waals surface area contributed by atoms with Crippen molar-refractivity contribution in [3.63, 3.8) is 0 Å². The molecule has 0 heterocycles. The van der Waals surface area contributed by atoms with Crippen LogP contribution >= 0.6 is 0 Å². The lowest BCUT2D eigenvalue weighted by Crippen LogP contribution is -2.14. The molecule has 0 aliphatic carbocycles. The number of nitrogens with two attached hydrogens (primary N) is 1. The van der Waals surface area contributed by atoms with E-state index in [4.69, 9.17) is 11.1 Å². The predicted molar refractivity (Wildman–Crippen MR) is 52.9 cm³/mol. The highest BCUT2D eigenvalue weighted by molar-refractivity contribution is 5.45. The van der Waals surface area contributed by atoms with Crippen molar-refractivity contribution >= 4 is 5.69 Å². The number of nitrogen functional groups attached to an aromatic ring is 1. The van der Waals surface area contributed by atoms with Crippen LogP contribution < -0.4 is 11.3 Å². The first kappa shape index (κ1) is 9.56. The summed E-state index contributed by atoms with van der Waals surface area (Å²) in [5.41, 5.74) is 3.94. The molecule has 0 aliphatic rings. The van der Waals surface area contributed by atoms with Crippen LogP contribution in [0.4, 0.5) is 5.69 Å². The number of hydrazine groups is 1. The molecule has 0 spiro atoms. The summed E-state index contributed by atoms with van der Waals surface area (Å²) in [7, 11) is 0. The highest BCUT2D eigenvalue weighted by Crippen LogP contribution is 2.22. The van der Waals surface area contributed by atoms with Gasteiger partial charge in [-0.3, -0.25) is 5.84 Å². The van der Waals surface area contributed by atoms with E-state index in [0.29, 0.717) is 0 Å².